The van der Waals surface area contributed by atoms with E-state index in [9.17, 15) is 5.26 Å². The lowest BCUT2D eigenvalue weighted by molar-refractivity contribution is 0.633. The van der Waals surface area contributed by atoms with Crippen molar-refractivity contribution in [3.63, 3.8) is 0 Å². The molecule has 0 saturated heterocycles. The predicted octanol–water partition coefficient (Wildman–Crippen LogP) is 4.67. The van der Waals surface area contributed by atoms with Crippen LogP contribution in [-0.2, 0) is 19.3 Å². The van der Waals surface area contributed by atoms with Crippen molar-refractivity contribution in [3.05, 3.63) is 33.3 Å². The Morgan fingerprint density at radius 3 is 2.05 bits per heavy atom. The van der Waals surface area contributed by atoms with Crippen LogP contribution in [0.15, 0.2) is 6.07 Å². The number of nitriles is 2. The second kappa shape index (κ2) is 7.32. The number of hydrogen-bond donors (Lipinski definition) is 0. The second-order valence-corrected chi connectivity index (χ2v) is 6.38. The first-order valence-corrected chi connectivity index (χ1v) is 7.38. The monoisotopic (exact) mass is 288 g/mol. The zero-order valence-corrected chi connectivity index (χ0v) is 13.4. The van der Waals surface area contributed by atoms with Crippen molar-refractivity contribution < 1.29 is 0 Å². The quantitative estimate of drug-likeness (QED) is 0.790. The third-order valence-corrected chi connectivity index (χ3v) is 3.58. The normalized spacial score (nSPS) is 10.7. The number of hydrogen-bond acceptors (Lipinski definition) is 2. The van der Waals surface area contributed by atoms with E-state index in [0.717, 1.165) is 29.5 Å². The number of halogens is 1. The molecule has 0 atom stereocenters. The maximum atomic E-state index is 9.36. The molecule has 0 spiro atoms. The van der Waals surface area contributed by atoms with Gasteiger partial charge in [0.25, 0.3) is 0 Å². The summed E-state index contributed by atoms with van der Waals surface area (Å²) >= 11 is 6.39. The molecule has 0 heterocycles. The summed E-state index contributed by atoms with van der Waals surface area (Å²) in [5, 5.41) is 18.8. The molecule has 0 amide bonds. The zero-order valence-electron chi connectivity index (χ0n) is 12.6. The first-order chi connectivity index (χ1) is 9.40. The van der Waals surface area contributed by atoms with Crippen molar-refractivity contribution >= 4 is 11.6 Å². The van der Waals surface area contributed by atoms with E-state index in [1.54, 1.807) is 0 Å². The van der Waals surface area contributed by atoms with Gasteiger partial charge < -0.3 is 0 Å². The molecule has 0 aromatic heterocycles. The van der Waals surface area contributed by atoms with E-state index in [4.69, 9.17) is 16.9 Å². The molecule has 1 aromatic rings. The van der Waals surface area contributed by atoms with Gasteiger partial charge in [-0.05, 0) is 41.4 Å². The Labute approximate surface area is 127 Å². The highest BCUT2D eigenvalue weighted by Gasteiger charge is 2.17. The first kappa shape index (κ1) is 16.5. The minimum Gasteiger partial charge on any atom is -0.198 e. The van der Waals surface area contributed by atoms with Gasteiger partial charge in [-0.25, -0.2) is 0 Å². The lowest BCUT2D eigenvalue weighted by Crippen LogP contribution is -2.06. The predicted molar refractivity (Wildman–Crippen MR) is 82.6 cm³/mol. The topological polar surface area (TPSA) is 47.6 Å². The summed E-state index contributed by atoms with van der Waals surface area (Å²) in [6.45, 7) is 8.54. The van der Waals surface area contributed by atoms with Gasteiger partial charge in [-0.3, -0.25) is 0 Å². The van der Waals surface area contributed by atoms with E-state index >= 15 is 0 Å². The Hall–Kier alpha value is -1.51. The smallest absolute Gasteiger partial charge is 0.101 e. The molecule has 20 heavy (non-hydrogen) atoms. The summed E-state index contributed by atoms with van der Waals surface area (Å²) in [6.07, 6.45) is 1.98. The molecule has 0 radical (unpaired) electrons. The Morgan fingerprint density at radius 1 is 1.05 bits per heavy atom. The lowest BCUT2D eigenvalue weighted by Gasteiger charge is -2.17. The van der Waals surface area contributed by atoms with Crippen molar-refractivity contribution in [3.8, 4) is 12.1 Å². The van der Waals surface area contributed by atoms with Gasteiger partial charge in [0, 0.05) is 0 Å². The van der Waals surface area contributed by atoms with Crippen molar-refractivity contribution in [2.45, 2.75) is 47.0 Å². The van der Waals surface area contributed by atoms with Crippen LogP contribution >= 0.6 is 11.6 Å². The average Bonchev–Trinajstić information content (AvgIpc) is 2.33. The van der Waals surface area contributed by atoms with Crippen LogP contribution in [0.5, 0.6) is 0 Å². The number of benzene rings is 1. The van der Waals surface area contributed by atoms with Crippen LogP contribution in [0.3, 0.4) is 0 Å². The molecule has 2 nitrogen and oxygen atoms in total. The molecule has 0 bridgehead atoms. The highest BCUT2D eigenvalue weighted by atomic mass is 35.5. The van der Waals surface area contributed by atoms with Gasteiger partial charge in [-0.15, -0.1) is 0 Å². The number of rotatable bonds is 5. The molecule has 0 fully saturated rings. The maximum absolute atomic E-state index is 9.36. The van der Waals surface area contributed by atoms with E-state index in [2.05, 4.69) is 45.9 Å². The van der Waals surface area contributed by atoms with Crippen LogP contribution in [0.4, 0.5) is 0 Å². The SMILES string of the molecule is CC(C)Cc1cc(CC(C)C)c(CC#N)c(Cl)c1C#N. The van der Waals surface area contributed by atoms with E-state index in [-0.39, 0.29) is 6.42 Å². The zero-order chi connectivity index (χ0) is 15.3. The second-order valence-electron chi connectivity index (χ2n) is 6.00. The average molecular weight is 289 g/mol. The van der Waals surface area contributed by atoms with Crippen LogP contribution in [-0.4, -0.2) is 0 Å². The summed E-state index contributed by atoms with van der Waals surface area (Å²) in [7, 11) is 0. The van der Waals surface area contributed by atoms with Gasteiger partial charge >= 0.3 is 0 Å². The summed E-state index contributed by atoms with van der Waals surface area (Å²) in [5.41, 5.74) is 3.48. The van der Waals surface area contributed by atoms with Crippen molar-refractivity contribution in [1.29, 1.82) is 10.5 Å². The molecule has 1 rings (SSSR count). The Kier molecular flexibility index (Phi) is 6.05. The largest absolute Gasteiger partial charge is 0.198 e. The van der Waals surface area contributed by atoms with Crippen LogP contribution in [0.1, 0.15) is 49.9 Å². The number of nitrogens with zero attached hydrogens (tertiary/aromatic N) is 2. The van der Waals surface area contributed by atoms with Gasteiger partial charge in [0.05, 0.1) is 23.1 Å². The Bertz CT molecular complexity index is 560. The first-order valence-electron chi connectivity index (χ1n) is 7.00. The third-order valence-electron chi connectivity index (χ3n) is 3.17. The van der Waals surface area contributed by atoms with Crippen molar-refractivity contribution in [1.82, 2.24) is 0 Å². The van der Waals surface area contributed by atoms with E-state index in [1.807, 2.05) is 0 Å². The maximum Gasteiger partial charge on any atom is 0.101 e. The summed E-state index contributed by atoms with van der Waals surface area (Å²) in [6, 6.07) is 6.44. The van der Waals surface area contributed by atoms with Crippen LogP contribution in [0.2, 0.25) is 5.02 Å². The van der Waals surface area contributed by atoms with Crippen LogP contribution in [0.25, 0.3) is 0 Å². The fourth-order valence-corrected chi connectivity index (χ4v) is 2.77. The molecular weight excluding hydrogens is 268 g/mol. The van der Waals surface area contributed by atoms with Gasteiger partial charge in [0.1, 0.15) is 6.07 Å². The molecule has 0 aliphatic heterocycles. The van der Waals surface area contributed by atoms with Crippen molar-refractivity contribution in [2.24, 2.45) is 11.8 Å². The highest BCUT2D eigenvalue weighted by Crippen LogP contribution is 2.31. The van der Waals surface area contributed by atoms with E-state index in [0.29, 0.717) is 22.4 Å². The molecule has 0 unspecified atom stereocenters. The van der Waals surface area contributed by atoms with Gasteiger partial charge in [0.2, 0.25) is 0 Å². The summed E-state index contributed by atoms with van der Waals surface area (Å²) < 4.78 is 0. The molecule has 0 aliphatic carbocycles. The minimum atomic E-state index is 0.261. The van der Waals surface area contributed by atoms with E-state index < -0.39 is 0 Å². The molecule has 0 saturated carbocycles. The van der Waals surface area contributed by atoms with Crippen LogP contribution < -0.4 is 0 Å². The Balaban J connectivity index is 3.45. The molecular formula is C17H21ClN2. The minimum absolute atomic E-state index is 0.261. The van der Waals surface area contributed by atoms with Crippen LogP contribution in [0, 0.1) is 34.5 Å². The summed E-state index contributed by atoms with van der Waals surface area (Å²) in [5.74, 6) is 0.954. The molecule has 0 aliphatic rings. The molecule has 3 heteroatoms. The Morgan fingerprint density at radius 2 is 1.60 bits per heavy atom. The highest BCUT2D eigenvalue weighted by molar-refractivity contribution is 6.32. The lowest BCUT2D eigenvalue weighted by atomic mass is 9.89. The van der Waals surface area contributed by atoms with Gasteiger partial charge in [-0.2, -0.15) is 10.5 Å². The fourth-order valence-electron chi connectivity index (χ4n) is 2.42. The van der Waals surface area contributed by atoms with Gasteiger partial charge in [0.15, 0.2) is 0 Å². The standard InChI is InChI=1S/C17H21ClN2/c1-11(2)7-13-9-14(8-12(3)4)16(10-20)17(18)15(13)5-6-19/h9,11-12H,5,7-8H2,1-4H3. The van der Waals surface area contributed by atoms with Gasteiger partial charge in [-0.1, -0.05) is 45.4 Å². The molecule has 1 aromatic carbocycles. The molecule has 0 N–H and O–H groups in total. The summed E-state index contributed by atoms with van der Waals surface area (Å²) in [4.78, 5) is 0. The van der Waals surface area contributed by atoms with E-state index in [1.165, 1.54) is 0 Å². The third kappa shape index (κ3) is 3.99. The van der Waals surface area contributed by atoms with Crippen molar-refractivity contribution in [2.75, 3.05) is 0 Å². The fraction of sp³-hybridized carbons (Fsp3) is 0.529. The molecule has 106 valence electrons.